The summed E-state index contributed by atoms with van der Waals surface area (Å²) in [5.41, 5.74) is 1.44. The van der Waals surface area contributed by atoms with Crippen molar-refractivity contribution in [2.24, 2.45) is 5.92 Å². The number of aromatic nitrogens is 5. The van der Waals surface area contributed by atoms with E-state index in [-0.39, 0.29) is 11.1 Å². The molecule has 0 spiro atoms. The summed E-state index contributed by atoms with van der Waals surface area (Å²) in [4.78, 5) is 40.2. The van der Waals surface area contributed by atoms with E-state index in [2.05, 4.69) is 19.9 Å². The Labute approximate surface area is 173 Å². The second-order valence-corrected chi connectivity index (χ2v) is 8.13. The van der Waals surface area contributed by atoms with Crippen LogP contribution in [0.4, 0.5) is 5.82 Å². The van der Waals surface area contributed by atoms with E-state index in [1.54, 1.807) is 41.7 Å². The van der Waals surface area contributed by atoms with Crippen molar-refractivity contribution in [3.8, 4) is 11.3 Å². The van der Waals surface area contributed by atoms with Gasteiger partial charge in [0.15, 0.2) is 5.82 Å². The molecule has 2 aliphatic rings. The molecule has 0 aromatic carbocycles. The van der Waals surface area contributed by atoms with Crippen molar-refractivity contribution in [1.29, 1.82) is 0 Å². The maximum absolute atomic E-state index is 12.7. The highest BCUT2D eigenvalue weighted by atomic mass is 16.1. The molecule has 1 saturated carbocycles. The molecule has 4 heterocycles. The van der Waals surface area contributed by atoms with Gasteiger partial charge in [-0.05, 0) is 43.7 Å². The third-order valence-corrected chi connectivity index (χ3v) is 6.00. The molecule has 3 aromatic heterocycles. The topological polar surface area (TPSA) is 85.9 Å². The molecule has 0 unspecified atom stereocenters. The Balaban J connectivity index is 1.24. The van der Waals surface area contributed by atoms with Crippen LogP contribution in [0.5, 0.6) is 0 Å². The third kappa shape index (κ3) is 3.77. The van der Waals surface area contributed by atoms with Gasteiger partial charge in [0.05, 0.1) is 12.0 Å². The molecule has 8 heteroatoms. The van der Waals surface area contributed by atoms with Gasteiger partial charge in [-0.15, -0.1) is 0 Å². The van der Waals surface area contributed by atoms with Gasteiger partial charge in [0.25, 0.3) is 11.1 Å². The predicted molar refractivity (Wildman–Crippen MR) is 113 cm³/mol. The van der Waals surface area contributed by atoms with Crippen molar-refractivity contribution in [2.75, 3.05) is 18.0 Å². The predicted octanol–water partition coefficient (Wildman–Crippen LogP) is 2.11. The second kappa shape index (κ2) is 7.85. The van der Waals surface area contributed by atoms with Gasteiger partial charge in [0.2, 0.25) is 0 Å². The van der Waals surface area contributed by atoms with E-state index in [4.69, 9.17) is 0 Å². The number of nitrogens with zero attached hydrogens (tertiary/aromatic N) is 6. The Bertz CT molecular complexity index is 1140. The molecule has 30 heavy (non-hydrogen) atoms. The standard InChI is InChI=1S/C22H24N6O2/c29-20-12-19(17-2-1-7-23-13-17)25-15-27(20)14-16-5-9-26(10-6-16)21-22(30)28(11-8-24-21)18-3-4-18/h1-2,7-8,11-13,15-16,18H,3-6,9-10,14H2. The van der Waals surface area contributed by atoms with Crippen LogP contribution in [0.2, 0.25) is 0 Å². The van der Waals surface area contributed by atoms with Crippen LogP contribution >= 0.6 is 0 Å². The molecule has 8 nitrogen and oxygen atoms in total. The Morgan fingerprint density at radius 2 is 1.87 bits per heavy atom. The molecular formula is C22H24N6O2. The SMILES string of the molecule is O=c1cc(-c2cccnc2)ncn1CC1CCN(c2nccn(C3CC3)c2=O)CC1. The first-order chi connectivity index (χ1) is 14.7. The first-order valence-corrected chi connectivity index (χ1v) is 10.5. The Hall–Kier alpha value is -3.29. The molecule has 0 atom stereocenters. The van der Waals surface area contributed by atoms with Gasteiger partial charge in [0.1, 0.15) is 0 Å². The first-order valence-electron chi connectivity index (χ1n) is 10.5. The molecule has 154 valence electrons. The van der Waals surface area contributed by atoms with Crippen molar-refractivity contribution in [3.05, 3.63) is 70.0 Å². The van der Waals surface area contributed by atoms with Crippen LogP contribution in [0.25, 0.3) is 11.3 Å². The van der Waals surface area contributed by atoms with Gasteiger partial charge < -0.3 is 9.47 Å². The fraction of sp³-hybridized carbons (Fsp3) is 0.409. The van der Waals surface area contributed by atoms with E-state index in [1.807, 2.05) is 16.7 Å². The maximum atomic E-state index is 12.7. The van der Waals surface area contributed by atoms with Crippen LogP contribution in [0.3, 0.4) is 0 Å². The Kier molecular flexibility index (Phi) is 4.90. The second-order valence-electron chi connectivity index (χ2n) is 8.13. The highest BCUT2D eigenvalue weighted by Gasteiger charge is 2.28. The number of pyridine rings is 1. The van der Waals surface area contributed by atoms with E-state index in [9.17, 15) is 9.59 Å². The molecule has 0 amide bonds. The van der Waals surface area contributed by atoms with Gasteiger partial charge >= 0.3 is 0 Å². The number of anilines is 1. The van der Waals surface area contributed by atoms with Gasteiger partial charge in [-0.25, -0.2) is 9.97 Å². The van der Waals surface area contributed by atoms with Crippen molar-refractivity contribution < 1.29 is 0 Å². The van der Waals surface area contributed by atoms with Crippen LogP contribution < -0.4 is 16.0 Å². The lowest BCUT2D eigenvalue weighted by molar-refractivity contribution is 0.349. The van der Waals surface area contributed by atoms with Gasteiger partial charge in [-0.1, -0.05) is 0 Å². The molecule has 1 aliphatic heterocycles. The van der Waals surface area contributed by atoms with Gasteiger partial charge in [-0.2, -0.15) is 0 Å². The highest BCUT2D eigenvalue weighted by Crippen LogP contribution is 2.33. The maximum Gasteiger partial charge on any atom is 0.293 e. The van der Waals surface area contributed by atoms with Crippen LogP contribution in [0, 0.1) is 5.92 Å². The van der Waals surface area contributed by atoms with E-state index >= 15 is 0 Å². The minimum absolute atomic E-state index is 0.0184. The summed E-state index contributed by atoms with van der Waals surface area (Å²) in [6.07, 6.45) is 12.5. The molecular weight excluding hydrogens is 380 g/mol. The monoisotopic (exact) mass is 404 g/mol. The minimum Gasteiger partial charge on any atom is -0.352 e. The quantitative estimate of drug-likeness (QED) is 0.647. The summed E-state index contributed by atoms with van der Waals surface area (Å²) >= 11 is 0. The fourth-order valence-corrected chi connectivity index (χ4v) is 4.11. The fourth-order valence-electron chi connectivity index (χ4n) is 4.11. The summed E-state index contributed by atoms with van der Waals surface area (Å²) in [5.74, 6) is 0.932. The van der Waals surface area contributed by atoms with E-state index in [0.717, 1.165) is 44.3 Å². The molecule has 0 bridgehead atoms. The lowest BCUT2D eigenvalue weighted by atomic mass is 9.96. The van der Waals surface area contributed by atoms with Crippen molar-refractivity contribution >= 4 is 5.82 Å². The number of hydrogen-bond acceptors (Lipinski definition) is 6. The number of hydrogen-bond donors (Lipinski definition) is 0. The molecule has 0 radical (unpaired) electrons. The Morgan fingerprint density at radius 3 is 2.57 bits per heavy atom. The molecule has 1 saturated heterocycles. The van der Waals surface area contributed by atoms with Crippen molar-refractivity contribution in [3.63, 3.8) is 0 Å². The van der Waals surface area contributed by atoms with E-state index in [0.29, 0.717) is 30.0 Å². The number of piperidine rings is 1. The van der Waals surface area contributed by atoms with E-state index in [1.165, 1.54) is 0 Å². The van der Waals surface area contributed by atoms with Crippen LogP contribution in [0.15, 0.2) is 58.9 Å². The van der Waals surface area contributed by atoms with Crippen molar-refractivity contribution in [1.82, 2.24) is 24.1 Å². The highest BCUT2D eigenvalue weighted by molar-refractivity contribution is 5.56. The lowest BCUT2D eigenvalue weighted by Crippen LogP contribution is -2.40. The normalized spacial score (nSPS) is 17.3. The molecule has 2 fully saturated rings. The zero-order valence-electron chi connectivity index (χ0n) is 16.7. The van der Waals surface area contributed by atoms with Crippen LogP contribution in [-0.4, -0.2) is 37.2 Å². The summed E-state index contributed by atoms with van der Waals surface area (Å²) in [6, 6.07) is 5.65. The zero-order valence-corrected chi connectivity index (χ0v) is 16.7. The average Bonchev–Trinajstić information content (AvgIpc) is 3.62. The molecule has 1 aliphatic carbocycles. The molecule has 3 aromatic rings. The van der Waals surface area contributed by atoms with Crippen LogP contribution in [-0.2, 0) is 6.54 Å². The Morgan fingerprint density at radius 1 is 1.03 bits per heavy atom. The summed E-state index contributed by atoms with van der Waals surface area (Å²) in [7, 11) is 0. The summed E-state index contributed by atoms with van der Waals surface area (Å²) in [6.45, 7) is 2.19. The van der Waals surface area contributed by atoms with E-state index < -0.39 is 0 Å². The molecule has 0 N–H and O–H groups in total. The third-order valence-electron chi connectivity index (χ3n) is 6.00. The lowest BCUT2D eigenvalue weighted by Gasteiger charge is -2.32. The van der Waals surface area contributed by atoms with Gasteiger partial charge in [0, 0.05) is 62.1 Å². The average molecular weight is 404 g/mol. The summed E-state index contributed by atoms with van der Waals surface area (Å²) in [5, 5.41) is 0. The van der Waals surface area contributed by atoms with Crippen molar-refractivity contribution in [2.45, 2.75) is 38.3 Å². The summed E-state index contributed by atoms with van der Waals surface area (Å²) < 4.78 is 3.50. The van der Waals surface area contributed by atoms with Gasteiger partial charge in [-0.3, -0.25) is 19.1 Å². The first kappa shape index (κ1) is 18.7. The molecule has 5 rings (SSSR count). The largest absolute Gasteiger partial charge is 0.352 e. The van der Waals surface area contributed by atoms with Crippen LogP contribution in [0.1, 0.15) is 31.7 Å². The minimum atomic E-state index is -0.0525. The zero-order chi connectivity index (χ0) is 20.5. The smallest absolute Gasteiger partial charge is 0.293 e. The number of rotatable bonds is 5.